The van der Waals surface area contributed by atoms with Gasteiger partial charge in [-0.1, -0.05) is 18.0 Å². The summed E-state index contributed by atoms with van der Waals surface area (Å²) < 4.78 is 20.8. The molecular weight excluding hydrogens is 359 g/mol. The summed E-state index contributed by atoms with van der Waals surface area (Å²) in [4.78, 5) is 19.1. The molecule has 0 aliphatic carbocycles. The largest absolute Gasteiger partial charge is 0.353 e. The molecule has 0 saturated carbocycles. The van der Waals surface area contributed by atoms with Gasteiger partial charge in [0, 0.05) is 24.8 Å². The van der Waals surface area contributed by atoms with E-state index < -0.39 is 0 Å². The number of fused-ring (bicyclic) bond motifs is 2. The molecule has 5 rings (SSSR count). The fraction of sp³-hybridized carbons (Fsp3) is 0.286. The van der Waals surface area contributed by atoms with Crippen molar-refractivity contribution in [3.63, 3.8) is 0 Å². The van der Waals surface area contributed by atoms with E-state index in [0.717, 1.165) is 31.3 Å². The molecule has 0 atom stereocenters. The molecule has 28 heavy (non-hydrogen) atoms. The van der Waals surface area contributed by atoms with Crippen LogP contribution in [0.15, 0.2) is 47.2 Å². The summed E-state index contributed by atoms with van der Waals surface area (Å²) in [6, 6.07) is 8.38. The van der Waals surface area contributed by atoms with Crippen molar-refractivity contribution in [2.24, 2.45) is 0 Å². The van der Waals surface area contributed by atoms with E-state index in [2.05, 4.69) is 10.1 Å². The predicted molar refractivity (Wildman–Crippen MR) is 103 cm³/mol. The lowest BCUT2D eigenvalue weighted by molar-refractivity contribution is 0.0762. The summed E-state index contributed by atoms with van der Waals surface area (Å²) in [6.07, 6.45) is 7.44. The average molecular weight is 378 g/mol. The zero-order valence-electron chi connectivity index (χ0n) is 15.3. The molecular formula is C21H19FN4O2. The Kier molecular flexibility index (Phi) is 4.07. The van der Waals surface area contributed by atoms with Crippen LogP contribution in [-0.4, -0.2) is 38.4 Å². The number of carbonyl (C=O) groups excluding carboxylic acids is 1. The van der Waals surface area contributed by atoms with Gasteiger partial charge in [0.2, 0.25) is 0 Å². The lowest BCUT2D eigenvalue weighted by atomic mass is 10.1. The Morgan fingerprint density at radius 3 is 2.71 bits per heavy atom. The molecule has 1 aliphatic heterocycles. The first-order valence-corrected chi connectivity index (χ1v) is 9.52. The second-order valence-corrected chi connectivity index (χ2v) is 7.17. The van der Waals surface area contributed by atoms with Crippen LogP contribution in [0.3, 0.4) is 0 Å². The summed E-state index contributed by atoms with van der Waals surface area (Å²) in [5.41, 5.74) is 2.44. The van der Waals surface area contributed by atoms with E-state index in [1.807, 2.05) is 11.0 Å². The number of pyridine rings is 1. The SMILES string of the molecule is O=C(c1ccc2c(-c3cnc4ccc(F)cn34)onc2c1)N1CCCCCC1. The summed E-state index contributed by atoms with van der Waals surface area (Å²) in [6.45, 7) is 1.60. The number of imidazole rings is 1. The van der Waals surface area contributed by atoms with E-state index in [9.17, 15) is 9.18 Å². The smallest absolute Gasteiger partial charge is 0.253 e. The number of amides is 1. The van der Waals surface area contributed by atoms with Crippen LogP contribution in [-0.2, 0) is 0 Å². The monoisotopic (exact) mass is 378 g/mol. The molecule has 7 heteroatoms. The van der Waals surface area contributed by atoms with Gasteiger partial charge < -0.3 is 9.42 Å². The molecule has 0 spiro atoms. The van der Waals surface area contributed by atoms with Crippen molar-refractivity contribution >= 4 is 22.5 Å². The van der Waals surface area contributed by atoms with Crippen LogP contribution in [0.1, 0.15) is 36.0 Å². The van der Waals surface area contributed by atoms with Crippen LogP contribution in [0.25, 0.3) is 28.0 Å². The molecule has 0 radical (unpaired) electrons. The Bertz CT molecular complexity index is 1170. The highest BCUT2D eigenvalue weighted by Crippen LogP contribution is 2.30. The Balaban J connectivity index is 1.53. The van der Waals surface area contributed by atoms with Crippen LogP contribution >= 0.6 is 0 Å². The first kappa shape index (κ1) is 16.9. The summed E-state index contributed by atoms with van der Waals surface area (Å²) >= 11 is 0. The molecule has 4 heterocycles. The quantitative estimate of drug-likeness (QED) is 0.522. The second-order valence-electron chi connectivity index (χ2n) is 7.17. The third-order valence-electron chi connectivity index (χ3n) is 5.32. The summed E-state index contributed by atoms with van der Waals surface area (Å²) in [5.74, 6) is 0.174. The average Bonchev–Trinajstić information content (AvgIpc) is 3.20. The Labute approximate surface area is 160 Å². The van der Waals surface area contributed by atoms with Gasteiger partial charge in [0.25, 0.3) is 5.91 Å². The maximum atomic E-state index is 13.7. The highest BCUT2D eigenvalue weighted by molar-refractivity contribution is 6.00. The molecule has 0 bridgehead atoms. The Morgan fingerprint density at radius 2 is 1.89 bits per heavy atom. The predicted octanol–water partition coefficient (Wildman–Crippen LogP) is 4.30. The molecule has 1 saturated heterocycles. The van der Waals surface area contributed by atoms with Crippen LogP contribution in [0.2, 0.25) is 0 Å². The third-order valence-corrected chi connectivity index (χ3v) is 5.32. The van der Waals surface area contributed by atoms with E-state index in [-0.39, 0.29) is 11.7 Å². The highest BCUT2D eigenvalue weighted by Gasteiger charge is 2.20. The first-order chi connectivity index (χ1) is 13.7. The van der Waals surface area contributed by atoms with Crippen LogP contribution in [0.4, 0.5) is 4.39 Å². The van der Waals surface area contributed by atoms with Gasteiger partial charge in [-0.05, 0) is 43.2 Å². The number of benzene rings is 1. The lowest BCUT2D eigenvalue weighted by Crippen LogP contribution is -2.31. The number of halogens is 1. The zero-order chi connectivity index (χ0) is 19.1. The van der Waals surface area contributed by atoms with E-state index in [1.165, 1.54) is 25.1 Å². The van der Waals surface area contributed by atoms with Gasteiger partial charge in [-0.2, -0.15) is 0 Å². The number of hydrogen-bond acceptors (Lipinski definition) is 4. The standard InChI is InChI=1S/C21H19FN4O2/c22-15-6-8-19-23-12-18(26(19)13-15)20-16-7-5-14(11-17(16)24-28-20)21(27)25-9-3-1-2-4-10-25/h5-8,11-13H,1-4,9-10H2. The van der Waals surface area contributed by atoms with Gasteiger partial charge in [-0.25, -0.2) is 9.37 Å². The van der Waals surface area contributed by atoms with Gasteiger partial charge in [0.05, 0.1) is 11.6 Å². The number of rotatable bonds is 2. The van der Waals surface area contributed by atoms with Crippen molar-refractivity contribution in [1.29, 1.82) is 0 Å². The number of nitrogens with zero attached hydrogens (tertiary/aromatic N) is 4. The molecule has 1 fully saturated rings. The van der Waals surface area contributed by atoms with Gasteiger partial charge in [0.15, 0.2) is 5.76 Å². The molecule has 3 aromatic heterocycles. The van der Waals surface area contributed by atoms with E-state index >= 15 is 0 Å². The summed E-state index contributed by atoms with van der Waals surface area (Å²) in [5, 5.41) is 4.89. The van der Waals surface area contributed by atoms with Crippen molar-refractivity contribution in [3.05, 3.63) is 54.1 Å². The molecule has 142 valence electrons. The van der Waals surface area contributed by atoms with Crippen LogP contribution in [0, 0.1) is 5.82 Å². The maximum Gasteiger partial charge on any atom is 0.253 e. The van der Waals surface area contributed by atoms with Crippen LogP contribution in [0.5, 0.6) is 0 Å². The van der Waals surface area contributed by atoms with Crippen molar-refractivity contribution in [2.75, 3.05) is 13.1 Å². The minimum absolute atomic E-state index is 0.0326. The van der Waals surface area contributed by atoms with Crippen molar-refractivity contribution in [2.45, 2.75) is 25.7 Å². The lowest BCUT2D eigenvalue weighted by Gasteiger charge is -2.20. The van der Waals surface area contributed by atoms with E-state index in [1.54, 1.807) is 28.8 Å². The van der Waals surface area contributed by atoms with Crippen LogP contribution < -0.4 is 0 Å². The first-order valence-electron chi connectivity index (χ1n) is 9.52. The Morgan fingerprint density at radius 1 is 1.07 bits per heavy atom. The van der Waals surface area contributed by atoms with Crippen molar-refractivity contribution < 1.29 is 13.7 Å². The Hall–Kier alpha value is -3.22. The normalized spacial score (nSPS) is 15.2. The topological polar surface area (TPSA) is 63.6 Å². The fourth-order valence-electron chi connectivity index (χ4n) is 3.84. The summed E-state index contributed by atoms with van der Waals surface area (Å²) in [7, 11) is 0. The highest BCUT2D eigenvalue weighted by atomic mass is 19.1. The molecule has 0 unspecified atom stereocenters. The minimum Gasteiger partial charge on any atom is -0.353 e. The molecule has 0 N–H and O–H groups in total. The molecule has 1 aromatic carbocycles. The van der Waals surface area contributed by atoms with E-state index in [4.69, 9.17) is 4.52 Å². The molecule has 4 aromatic rings. The number of likely N-dealkylation sites (tertiary alicyclic amines) is 1. The number of aromatic nitrogens is 3. The maximum absolute atomic E-state index is 13.7. The minimum atomic E-state index is -0.360. The molecule has 1 aliphatic rings. The van der Waals surface area contributed by atoms with E-state index in [0.29, 0.717) is 28.2 Å². The van der Waals surface area contributed by atoms with Gasteiger partial charge >= 0.3 is 0 Å². The fourth-order valence-corrected chi connectivity index (χ4v) is 3.84. The number of hydrogen-bond donors (Lipinski definition) is 0. The van der Waals surface area contributed by atoms with Crippen molar-refractivity contribution in [1.82, 2.24) is 19.4 Å². The third kappa shape index (κ3) is 2.83. The zero-order valence-corrected chi connectivity index (χ0v) is 15.3. The van der Waals surface area contributed by atoms with Gasteiger partial charge in [-0.15, -0.1) is 0 Å². The van der Waals surface area contributed by atoms with Crippen molar-refractivity contribution in [3.8, 4) is 11.5 Å². The molecule has 1 amide bonds. The number of carbonyl (C=O) groups is 1. The second kappa shape index (κ2) is 6.74. The van der Waals surface area contributed by atoms with Gasteiger partial charge in [0.1, 0.15) is 22.7 Å². The molecule has 6 nitrogen and oxygen atoms in total. The van der Waals surface area contributed by atoms with Gasteiger partial charge in [-0.3, -0.25) is 9.20 Å².